The van der Waals surface area contributed by atoms with Gasteiger partial charge in [-0.1, -0.05) is 18.2 Å². The van der Waals surface area contributed by atoms with E-state index >= 15 is 0 Å². The molecule has 0 fully saturated rings. The molecule has 2 N–H and O–H groups in total. The second kappa shape index (κ2) is 5.91. The van der Waals surface area contributed by atoms with E-state index in [1.807, 2.05) is 0 Å². The highest BCUT2D eigenvalue weighted by Gasteiger charge is 2.11. The van der Waals surface area contributed by atoms with Crippen molar-refractivity contribution in [1.29, 1.82) is 0 Å². The first kappa shape index (κ1) is 14.8. The number of rotatable bonds is 4. The van der Waals surface area contributed by atoms with Crippen LogP contribution in [0.2, 0.25) is 0 Å². The molecule has 1 aromatic heterocycles. The number of phenols is 1. The van der Waals surface area contributed by atoms with E-state index in [2.05, 4.69) is 15.5 Å². The van der Waals surface area contributed by atoms with Crippen LogP contribution in [0.25, 0.3) is 5.69 Å². The first-order valence-electron chi connectivity index (χ1n) is 6.77. The number of aromatic amines is 1. The highest BCUT2D eigenvalue weighted by Crippen LogP contribution is 2.27. The van der Waals surface area contributed by atoms with Gasteiger partial charge >= 0.3 is 5.69 Å². The lowest BCUT2D eigenvalue weighted by molar-refractivity contribution is 0.300. The number of nitrogens with zero attached hydrogens (tertiary/aromatic N) is 3. The molecule has 3 aromatic rings. The maximum atomic E-state index is 13.4. The average molecular weight is 316 g/mol. The van der Waals surface area contributed by atoms with Crippen LogP contribution in [-0.2, 0) is 6.61 Å². The molecule has 3 rings (SSSR count). The van der Waals surface area contributed by atoms with Gasteiger partial charge in [-0.25, -0.2) is 14.3 Å². The van der Waals surface area contributed by atoms with Crippen LogP contribution in [-0.4, -0.2) is 25.3 Å². The number of aromatic nitrogens is 4. The van der Waals surface area contributed by atoms with Crippen molar-refractivity contribution in [3.63, 3.8) is 0 Å². The van der Waals surface area contributed by atoms with Crippen LogP contribution in [0.3, 0.4) is 0 Å². The summed E-state index contributed by atoms with van der Waals surface area (Å²) in [5.41, 5.74) is 1.32. The minimum Gasteiger partial charge on any atom is -0.505 e. The lowest BCUT2D eigenvalue weighted by atomic mass is 10.2. The molecule has 0 unspecified atom stereocenters. The largest absolute Gasteiger partial charge is 0.505 e. The standard InChI is InChI=1S/C15H13FN4O3/c1-9-6-13(21)11(16)7-14(9)23-8-10-4-2-3-5-12(10)20-15(22)17-18-19-20/h2-7,21H,8H2,1H3,(H,17,19,22). The van der Waals surface area contributed by atoms with Crippen molar-refractivity contribution in [2.75, 3.05) is 0 Å². The molecule has 7 nitrogen and oxygen atoms in total. The number of halogens is 1. The molecule has 0 aliphatic heterocycles. The van der Waals surface area contributed by atoms with Gasteiger partial charge in [-0.3, -0.25) is 0 Å². The number of para-hydroxylation sites is 1. The Kier molecular flexibility index (Phi) is 3.80. The van der Waals surface area contributed by atoms with Crippen molar-refractivity contribution in [2.24, 2.45) is 0 Å². The number of nitrogens with one attached hydrogen (secondary N) is 1. The van der Waals surface area contributed by atoms with Crippen molar-refractivity contribution in [3.05, 3.63) is 63.8 Å². The number of tetrazole rings is 1. The van der Waals surface area contributed by atoms with E-state index in [-0.39, 0.29) is 6.61 Å². The van der Waals surface area contributed by atoms with Crippen LogP contribution in [0.4, 0.5) is 4.39 Å². The van der Waals surface area contributed by atoms with Crippen molar-refractivity contribution in [1.82, 2.24) is 20.2 Å². The summed E-state index contributed by atoms with van der Waals surface area (Å²) in [5, 5.41) is 18.7. The third-order valence-corrected chi connectivity index (χ3v) is 3.32. The monoisotopic (exact) mass is 316 g/mol. The molecule has 2 aromatic carbocycles. The Morgan fingerprint density at radius 2 is 2.13 bits per heavy atom. The van der Waals surface area contributed by atoms with Crippen molar-refractivity contribution in [3.8, 4) is 17.2 Å². The van der Waals surface area contributed by atoms with E-state index in [0.717, 1.165) is 10.7 Å². The Balaban J connectivity index is 1.89. The molecule has 8 heteroatoms. The third kappa shape index (κ3) is 2.91. The number of H-pyrrole nitrogens is 1. The number of ether oxygens (including phenoxy) is 1. The fourth-order valence-electron chi connectivity index (χ4n) is 2.15. The fraction of sp³-hybridized carbons (Fsp3) is 0.133. The average Bonchev–Trinajstić information content (AvgIpc) is 2.96. The maximum Gasteiger partial charge on any atom is 0.365 e. The molecule has 1 heterocycles. The Bertz CT molecular complexity index is 904. The molecule has 0 bridgehead atoms. The molecule has 0 atom stereocenters. The van der Waals surface area contributed by atoms with Crippen LogP contribution in [0.1, 0.15) is 11.1 Å². The minimum absolute atomic E-state index is 0.0977. The summed E-state index contributed by atoms with van der Waals surface area (Å²) in [5.74, 6) is -0.876. The summed E-state index contributed by atoms with van der Waals surface area (Å²) >= 11 is 0. The molecule has 0 amide bonds. The molecule has 0 saturated heterocycles. The quantitative estimate of drug-likeness (QED) is 0.764. The molecule has 0 radical (unpaired) electrons. The normalized spacial score (nSPS) is 10.7. The van der Waals surface area contributed by atoms with Gasteiger partial charge in [0.1, 0.15) is 12.4 Å². The van der Waals surface area contributed by atoms with Gasteiger partial charge in [0.15, 0.2) is 11.6 Å². The van der Waals surface area contributed by atoms with Gasteiger partial charge in [0, 0.05) is 11.6 Å². The topological polar surface area (TPSA) is 93.0 Å². The molecule has 0 aliphatic rings. The molecular weight excluding hydrogens is 303 g/mol. The molecule has 0 saturated carbocycles. The van der Waals surface area contributed by atoms with Gasteiger partial charge in [-0.15, -0.1) is 0 Å². The van der Waals surface area contributed by atoms with Crippen molar-refractivity contribution in [2.45, 2.75) is 13.5 Å². The minimum atomic E-state index is -0.758. The highest BCUT2D eigenvalue weighted by molar-refractivity contribution is 5.42. The summed E-state index contributed by atoms with van der Waals surface area (Å²) in [6.45, 7) is 1.79. The van der Waals surface area contributed by atoms with Gasteiger partial charge in [0.25, 0.3) is 0 Å². The van der Waals surface area contributed by atoms with Gasteiger partial charge < -0.3 is 9.84 Å². The van der Waals surface area contributed by atoms with E-state index < -0.39 is 17.3 Å². The maximum absolute atomic E-state index is 13.4. The Hall–Kier alpha value is -3.16. The number of hydrogen-bond donors (Lipinski definition) is 2. The smallest absolute Gasteiger partial charge is 0.365 e. The van der Waals surface area contributed by atoms with E-state index in [9.17, 15) is 14.3 Å². The molecule has 0 spiro atoms. The number of hydrogen-bond acceptors (Lipinski definition) is 5. The summed E-state index contributed by atoms with van der Waals surface area (Å²) in [7, 11) is 0. The van der Waals surface area contributed by atoms with E-state index in [1.54, 1.807) is 31.2 Å². The van der Waals surface area contributed by atoms with Gasteiger partial charge in [0.05, 0.1) is 5.69 Å². The zero-order valence-electron chi connectivity index (χ0n) is 12.2. The molecule has 23 heavy (non-hydrogen) atoms. The SMILES string of the molecule is Cc1cc(O)c(F)cc1OCc1ccccc1-n1nn[nH]c1=O. The molecule has 0 aliphatic carbocycles. The molecule has 118 valence electrons. The number of aryl methyl sites for hydroxylation is 1. The number of phenolic OH excluding ortho intramolecular Hbond substituents is 1. The van der Waals surface area contributed by atoms with Crippen molar-refractivity contribution < 1.29 is 14.2 Å². The van der Waals surface area contributed by atoms with E-state index in [0.29, 0.717) is 22.6 Å². The first-order valence-corrected chi connectivity index (χ1v) is 6.77. The third-order valence-electron chi connectivity index (χ3n) is 3.32. The van der Waals surface area contributed by atoms with Crippen LogP contribution in [0.15, 0.2) is 41.2 Å². The van der Waals surface area contributed by atoms with Crippen LogP contribution in [0.5, 0.6) is 11.5 Å². The molecular formula is C15H13FN4O3. The number of benzene rings is 2. The van der Waals surface area contributed by atoms with Crippen LogP contribution < -0.4 is 10.4 Å². The lowest BCUT2D eigenvalue weighted by Gasteiger charge is -2.12. The van der Waals surface area contributed by atoms with Crippen LogP contribution >= 0.6 is 0 Å². The first-order chi connectivity index (χ1) is 11.1. The zero-order chi connectivity index (χ0) is 16.4. The Morgan fingerprint density at radius 1 is 1.35 bits per heavy atom. The fourth-order valence-corrected chi connectivity index (χ4v) is 2.15. The summed E-state index contributed by atoms with van der Waals surface area (Å²) < 4.78 is 20.2. The number of aromatic hydroxyl groups is 1. The summed E-state index contributed by atoms with van der Waals surface area (Å²) in [6, 6.07) is 9.42. The Labute approximate surface area is 129 Å². The van der Waals surface area contributed by atoms with Gasteiger partial charge in [-0.05, 0) is 35.0 Å². The summed E-state index contributed by atoms with van der Waals surface area (Å²) in [6.07, 6.45) is 0. The second-order valence-electron chi connectivity index (χ2n) is 4.90. The van der Waals surface area contributed by atoms with Gasteiger partial charge in [-0.2, -0.15) is 4.68 Å². The highest BCUT2D eigenvalue weighted by atomic mass is 19.1. The van der Waals surface area contributed by atoms with Crippen LogP contribution in [0, 0.1) is 12.7 Å². The zero-order valence-corrected chi connectivity index (χ0v) is 12.2. The Morgan fingerprint density at radius 3 is 2.87 bits per heavy atom. The van der Waals surface area contributed by atoms with Crippen molar-refractivity contribution >= 4 is 0 Å². The lowest BCUT2D eigenvalue weighted by Crippen LogP contribution is -2.18. The van der Waals surface area contributed by atoms with E-state index in [4.69, 9.17) is 4.74 Å². The van der Waals surface area contributed by atoms with Gasteiger partial charge in [0.2, 0.25) is 0 Å². The predicted octanol–water partition coefficient (Wildman–Crippen LogP) is 1.69. The van der Waals surface area contributed by atoms with E-state index in [1.165, 1.54) is 6.07 Å². The summed E-state index contributed by atoms with van der Waals surface area (Å²) in [4.78, 5) is 11.6. The second-order valence-corrected chi connectivity index (χ2v) is 4.90. The predicted molar refractivity (Wildman–Crippen MR) is 79.1 cm³/mol.